The summed E-state index contributed by atoms with van der Waals surface area (Å²) in [4.78, 5) is 15.3. The van der Waals surface area contributed by atoms with Crippen LogP contribution in [0.4, 0.5) is 0 Å². The number of carbonyl (C=O) groups is 1. The summed E-state index contributed by atoms with van der Waals surface area (Å²) in [6, 6.07) is 5.68. The fourth-order valence-electron chi connectivity index (χ4n) is 2.15. The van der Waals surface area contributed by atoms with E-state index in [1.807, 2.05) is 23.1 Å². The van der Waals surface area contributed by atoms with E-state index in [4.69, 9.17) is 0 Å². The van der Waals surface area contributed by atoms with Crippen LogP contribution in [-0.4, -0.2) is 47.0 Å². The van der Waals surface area contributed by atoms with Gasteiger partial charge in [0, 0.05) is 45.2 Å². The van der Waals surface area contributed by atoms with E-state index < -0.39 is 0 Å². The molecule has 0 atom stereocenters. The molecule has 1 aromatic carbocycles. The van der Waals surface area contributed by atoms with Gasteiger partial charge in [-0.25, -0.2) is 0 Å². The molecule has 1 fully saturated rings. The fourth-order valence-corrected chi connectivity index (χ4v) is 2.56. The second-order valence-corrected chi connectivity index (χ2v) is 5.38. The van der Waals surface area contributed by atoms with Crippen LogP contribution in [0.5, 0.6) is 5.75 Å². The first-order chi connectivity index (χ1) is 8.58. The van der Waals surface area contributed by atoms with Gasteiger partial charge in [0.1, 0.15) is 5.75 Å². The Kier molecular flexibility index (Phi) is 4.24. The number of phenols is 1. The summed E-state index contributed by atoms with van der Waals surface area (Å²) in [6.45, 7) is 5.57. The second kappa shape index (κ2) is 5.71. The van der Waals surface area contributed by atoms with Crippen LogP contribution in [0.25, 0.3) is 0 Å². The van der Waals surface area contributed by atoms with Gasteiger partial charge >= 0.3 is 0 Å². The van der Waals surface area contributed by atoms with E-state index in [1.165, 1.54) is 0 Å². The van der Waals surface area contributed by atoms with Crippen LogP contribution in [0.3, 0.4) is 0 Å². The molecule has 1 aromatic rings. The molecule has 0 saturated carbocycles. The number of phenolic OH excluding ortho intramolecular Hbond substituents is 1. The van der Waals surface area contributed by atoms with Gasteiger partial charge in [0.2, 0.25) is 5.91 Å². The molecule has 1 saturated heterocycles. The number of para-hydroxylation sites is 1. The molecular formula is C13H17BrN2O2. The van der Waals surface area contributed by atoms with E-state index in [2.05, 4.69) is 20.8 Å². The third-order valence-corrected chi connectivity index (χ3v) is 3.92. The molecule has 1 amide bonds. The molecular weight excluding hydrogens is 296 g/mol. The standard InChI is InChI=1S/C13H17BrN2O2/c1-10(17)16-7-5-15(6-8-16)9-11-3-2-4-12(14)13(11)18/h2-4,18H,5-9H2,1H3. The number of nitrogens with zero attached hydrogens (tertiary/aromatic N) is 2. The highest BCUT2D eigenvalue weighted by atomic mass is 79.9. The van der Waals surface area contributed by atoms with Crippen molar-refractivity contribution < 1.29 is 9.90 Å². The van der Waals surface area contributed by atoms with Crippen molar-refractivity contribution in [3.63, 3.8) is 0 Å². The Hall–Kier alpha value is -1.07. The fraction of sp³-hybridized carbons (Fsp3) is 0.462. The van der Waals surface area contributed by atoms with Crippen LogP contribution in [0, 0.1) is 0 Å². The second-order valence-electron chi connectivity index (χ2n) is 4.53. The van der Waals surface area contributed by atoms with Gasteiger partial charge in [-0.2, -0.15) is 0 Å². The molecule has 1 heterocycles. The van der Waals surface area contributed by atoms with E-state index in [1.54, 1.807) is 6.92 Å². The van der Waals surface area contributed by atoms with E-state index >= 15 is 0 Å². The first-order valence-electron chi connectivity index (χ1n) is 6.02. The van der Waals surface area contributed by atoms with Crippen LogP contribution in [0.15, 0.2) is 22.7 Å². The number of hydrogen-bond donors (Lipinski definition) is 1. The third-order valence-electron chi connectivity index (χ3n) is 3.28. The molecule has 1 aliphatic heterocycles. The van der Waals surface area contributed by atoms with Crippen LogP contribution < -0.4 is 0 Å². The lowest BCUT2D eigenvalue weighted by atomic mass is 10.1. The average molecular weight is 313 g/mol. The molecule has 1 N–H and O–H groups in total. The van der Waals surface area contributed by atoms with Crippen LogP contribution in [-0.2, 0) is 11.3 Å². The topological polar surface area (TPSA) is 43.8 Å². The number of rotatable bonds is 2. The van der Waals surface area contributed by atoms with E-state index in [0.29, 0.717) is 5.75 Å². The maximum absolute atomic E-state index is 11.2. The summed E-state index contributed by atoms with van der Waals surface area (Å²) in [5, 5.41) is 9.93. The maximum Gasteiger partial charge on any atom is 0.219 e. The summed E-state index contributed by atoms with van der Waals surface area (Å²) < 4.78 is 0.724. The monoisotopic (exact) mass is 312 g/mol. The Balaban J connectivity index is 1.96. The van der Waals surface area contributed by atoms with Gasteiger partial charge in [0.15, 0.2) is 0 Å². The van der Waals surface area contributed by atoms with Crippen molar-refractivity contribution in [1.82, 2.24) is 9.80 Å². The normalized spacial score (nSPS) is 16.9. The van der Waals surface area contributed by atoms with Gasteiger partial charge < -0.3 is 10.0 Å². The van der Waals surface area contributed by atoms with Crippen molar-refractivity contribution in [2.45, 2.75) is 13.5 Å². The number of piperazine rings is 1. The summed E-state index contributed by atoms with van der Waals surface area (Å²) in [5.74, 6) is 0.450. The van der Waals surface area contributed by atoms with Gasteiger partial charge in [-0.1, -0.05) is 12.1 Å². The molecule has 98 valence electrons. The van der Waals surface area contributed by atoms with Crippen LogP contribution in [0.1, 0.15) is 12.5 Å². The summed E-state index contributed by atoms with van der Waals surface area (Å²) in [7, 11) is 0. The highest BCUT2D eigenvalue weighted by molar-refractivity contribution is 9.10. The molecule has 4 nitrogen and oxygen atoms in total. The molecule has 0 spiro atoms. The molecule has 0 unspecified atom stereocenters. The Labute approximate surface area is 115 Å². The zero-order valence-electron chi connectivity index (χ0n) is 10.4. The minimum atomic E-state index is 0.139. The zero-order valence-corrected chi connectivity index (χ0v) is 12.0. The van der Waals surface area contributed by atoms with E-state index in [9.17, 15) is 9.90 Å². The molecule has 0 aromatic heterocycles. The van der Waals surface area contributed by atoms with Crippen molar-refractivity contribution in [2.24, 2.45) is 0 Å². The molecule has 0 aliphatic carbocycles. The number of aromatic hydroxyl groups is 1. The minimum absolute atomic E-state index is 0.139. The smallest absolute Gasteiger partial charge is 0.219 e. The molecule has 1 aliphatic rings. The van der Waals surface area contributed by atoms with Crippen molar-refractivity contribution in [1.29, 1.82) is 0 Å². The third kappa shape index (κ3) is 3.03. The Morgan fingerprint density at radius 2 is 2.00 bits per heavy atom. The van der Waals surface area contributed by atoms with E-state index in [-0.39, 0.29) is 5.91 Å². The molecule has 18 heavy (non-hydrogen) atoms. The SMILES string of the molecule is CC(=O)N1CCN(Cc2cccc(Br)c2O)CC1. The van der Waals surface area contributed by atoms with Crippen LogP contribution in [0.2, 0.25) is 0 Å². The Bertz CT molecular complexity index is 443. The number of amides is 1. The van der Waals surface area contributed by atoms with Gasteiger partial charge in [0.05, 0.1) is 4.47 Å². The van der Waals surface area contributed by atoms with Crippen molar-refractivity contribution in [2.75, 3.05) is 26.2 Å². The molecule has 2 rings (SSSR count). The number of halogens is 1. The number of carbonyl (C=O) groups excluding carboxylic acids is 1. The molecule has 5 heteroatoms. The summed E-state index contributed by atoms with van der Waals surface area (Å²) in [6.07, 6.45) is 0. The highest BCUT2D eigenvalue weighted by Crippen LogP contribution is 2.28. The van der Waals surface area contributed by atoms with Gasteiger partial charge in [-0.05, 0) is 22.0 Å². The summed E-state index contributed by atoms with van der Waals surface area (Å²) in [5.41, 5.74) is 0.917. The lowest BCUT2D eigenvalue weighted by Gasteiger charge is -2.34. The lowest BCUT2D eigenvalue weighted by Crippen LogP contribution is -2.47. The number of hydrogen-bond acceptors (Lipinski definition) is 3. The Morgan fingerprint density at radius 1 is 1.33 bits per heavy atom. The van der Waals surface area contributed by atoms with E-state index in [0.717, 1.165) is 42.8 Å². The van der Waals surface area contributed by atoms with Crippen molar-refractivity contribution in [3.05, 3.63) is 28.2 Å². The van der Waals surface area contributed by atoms with Crippen molar-refractivity contribution in [3.8, 4) is 5.75 Å². The average Bonchev–Trinajstić information content (AvgIpc) is 2.36. The van der Waals surface area contributed by atoms with Gasteiger partial charge in [-0.15, -0.1) is 0 Å². The predicted molar refractivity (Wildman–Crippen MR) is 73.3 cm³/mol. The largest absolute Gasteiger partial charge is 0.506 e. The molecule has 0 bridgehead atoms. The van der Waals surface area contributed by atoms with Gasteiger partial charge in [-0.3, -0.25) is 9.69 Å². The first-order valence-corrected chi connectivity index (χ1v) is 6.81. The zero-order chi connectivity index (χ0) is 13.1. The quantitative estimate of drug-likeness (QED) is 0.906. The van der Waals surface area contributed by atoms with Crippen LogP contribution >= 0.6 is 15.9 Å². The lowest BCUT2D eigenvalue weighted by molar-refractivity contribution is -0.130. The number of benzene rings is 1. The maximum atomic E-state index is 11.2. The summed E-state index contributed by atoms with van der Waals surface area (Å²) >= 11 is 3.32. The molecule has 0 radical (unpaired) electrons. The highest BCUT2D eigenvalue weighted by Gasteiger charge is 2.19. The predicted octanol–water partition coefficient (Wildman–Crippen LogP) is 1.82. The van der Waals surface area contributed by atoms with Crippen molar-refractivity contribution >= 4 is 21.8 Å². The van der Waals surface area contributed by atoms with Gasteiger partial charge in [0.25, 0.3) is 0 Å². The Morgan fingerprint density at radius 3 is 2.61 bits per heavy atom. The first kappa shape index (κ1) is 13.4. The minimum Gasteiger partial charge on any atom is -0.506 e.